The zero-order chi connectivity index (χ0) is 19.1. The minimum Gasteiger partial charge on any atom is -0.357 e. The van der Waals surface area contributed by atoms with E-state index in [1.807, 2.05) is 51.8 Å². The molecule has 8 heteroatoms. The minimum atomic E-state index is 0.108. The highest BCUT2D eigenvalue weighted by molar-refractivity contribution is 6.30. The number of guanidine groups is 1. The number of piperazine rings is 1. The van der Waals surface area contributed by atoms with Crippen LogP contribution in [0.2, 0.25) is 5.02 Å². The molecule has 1 fully saturated rings. The number of aliphatic imine (C=N–C) groups is 1. The van der Waals surface area contributed by atoms with E-state index in [9.17, 15) is 4.79 Å². The lowest BCUT2D eigenvalue weighted by molar-refractivity contribution is -0.135. The summed E-state index contributed by atoms with van der Waals surface area (Å²) in [6.07, 6.45) is 5.45. The van der Waals surface area contributed by atoms with Gasteiger partial charge in [-0.05, 0) is 24.6 Å². The molecule has 0 aliphatic carbocycles. The number of benzene rings is 1. The number of nitrogens with zero attached hydrogens (tertiary/aromatic N) is 5. The predicted molar refractivity (Wildman–Crippen MR) is 107 cm³/mol. The molecule has 1 amide bonds. The lowest BCUT2D eigenvalue weighted by atomic mass is 10.2. The van der Waals surface area contributed by atoms with Gasteiger partial charge in [-0.2, -0.15) is 0 Å². The molecule has 0 saturated carbocycles. The lowest BCUT2D eigenvalue weighted by Gasteiger charge is -2.36. The maximum Gasteiger partial charge on any atom is 0.242 e. The smallest absolute Gasteiger partial charge is 0.242 e. The van der Waals surface area contributed by atoms with E-state index in [-0.39, 0.29) is 5.91 Å². The Morgan fingerprint density at radius 3 is 2.78 bits per heavy atom. The maximum absolute atomic E-state index is 12.6. The van der Waals surface area contributed by atoms with E-state index in [0.29, 0.717) is 31.2 Å². The summed E-state index contributed by atoms with van der Waals surface area (Å²) in [5.74, 6) is 0.897. The maximum atomic E-state index is 12.6. The van der Waals surface area contributed by atoms with Gasteiger partial charge in [0.15, 0.2) is 5.96 Å². The Bertz CT molecular complexity index is 759. The van der Waals surface area contributed by atoms with Crippen LogP contribution < -0.4 is 5.32 Å². The largest absolute Gasteiger partial charge is 0.357 e. The second-order valence-electron chi connectivity index (χ2n) is 6.40. The monoisotopic (exact) mass is 388 g/mol. The first-order valence-corrected chi connectivity index (χ1v) is 9.54. The molecule has 0 bridgehead atoms. The predicted octanol–water partition coefficient (Wildman–Crippen LogP) is 1.85. The molecular weight excluding hydrogens is 364 g/mol. The highest BCUT2D eigenvalue weighted by Gasteiger charge is 2.25. The SMILES string of the molecule is CCNC(=NCCn1ccnc1)N1CCN(Cc2ccc(Cl)cc2)C(=O)C1. The third-order valence-electron chi connectivity index (χ3n) is 4.42. The van der Waals surface area contributed by atoms with Gasteiger partial charge < -0.3 is 19.7 Å². The molecule has 1 saturated heterocycles. The van der Waals surface area contributed by atoms with Crippen molar-refractivity contribution >= 4 is 23.5 Å². The summed E-state index contributed by atoms with van der Waals surface area (Å²) < 4.78 is 1.99. The Morgan fingerprint density at radius 1 is 1.30 bits per heavy atom. The summed E-state index contributed by atoms with van der Waals surface area (Å²) in [6, 6.07) is 7.63. The highest BCUT2D eigenvalue weighted by Crippen LogP contribution is 2.13. The third-order valence-corrected chi connectivity index (χ3v) is 4.67. The molecule has 144 valence electrons. The van der Waals surface area contributed by atoms with Gasteiger partial charge in [0.2, 0.25) is 5.91 Å². The van der Waals surface area contributed by atoms with Crippen LogP contribution in [0.3, 0.4) is 0 Å². The molecule has 1 aliphatic heterocycles. The second kappa shape index (κ2) is 9.41. The first-order chi connectivity index (χ1) is 13.2. The quantitative estimate of drug-likeness (QED) is 0.605. The van der Waals surface area contributed by atoms with Gasteiger partial charge in [0.1, 0.15) is 0 Å². The van der Waals surface area contributed by atoms with Crippen LogP contribution >= 0.6 is 11.6 Å². The van der Waals surface area contributed by atoms with Crippen LogP contribution in [-0.4, -0.2) is 63.9 Å². The van der Waals surface area contributed by atoms with Gasteiger partial charge in [-0.25, -0.2) is 4.98 Å². The molecule has 0 radical (unpaired) electrons. The molecule has 0 unspecified atom stereocenters. The van der Waals surface area contributed by atoms with Crippen LogP contribution in [0.25, 0.3) is 0 Å². The average Bonchev–Trinajstić information content (AvgIpc) is 3.18. The highest BCUT2D eigenvalue weighted by atomic mass is 35.5. The molecule has 2 aromatic rings. The summed E-state index contributed by atoms with van der Waals surface area (Å²) >= 11 is 5.93. The number of amides is 1. The van der Waals surface area contributed by atoms with Crippen molar-refractivity contribution < 1.29 is 4.79 Å². The fraction of sp³-hybridized carbons (Fsp3) is 0.421. The fourth-order valence-electron chi connectivity index (χ4n) is 2.98. The molecule has 3 rings (SSSR count). The summed E-state index contributed by atoms with van der Waals surface area (Å²) in [7, 11) is 0. The average molecular weight is 389 g/mol. The van der Waals surface area contributed by atoms with Crippen LogP contribution in [0.4, 0.5) is 0 Å². The first-order valence-electron chi connectivity index (χ1n) is 9.17. The Kier molecular flexibility index (Phi) is 6.70. The molecule has 0 atom stereocenters. The van der Waals surface area contributed by atoms with Crippen molar-refractivity contribution in [1.82, 2.24) is 24.7 Å². The van der Waals surface area contributed by atoms with E-state index in [1.54, 1.807) is 12.5 Å². The van der Waals surface area contributed by atoms with E-state index < -0.39 is 0 Å². The number of carbonyl (C=O) groups excluding carboxylic acids is 1. The number of nitrogens with one attached hydrogen (secondary N) is 1. The summed E-state index contributed by atoms with van der Waals surface area (Å²) in [5, 5.41) is 4.00. The van der Waals surface area contributed by atoms with Crippen molar-refractivity contribution in [3.63, 3.8) is 0 Å². The van der Waals surface area contributed by atoms with Gasteiger partial charge in [0.05, 0.1) is 19.4 Å². The van der Waals surface area contributed by atoms with E-state index in [1.165, 1.54) is 0 Å². The third kappa shape index (κ3) is 5.47. The van der Waals surface area contributed by atoms with Crippen molar-refractivity contribution in [3.8, 4) is 0 Å². The van der Waals surface area contributed by atoms with Gasteiger partial charge in [-0.15, -0.1) is 0 Å². The number of hydrogen-bond donors (Lipinski definition) is 1. The summed E-state index contributed by atoms with van der Waals surface area (Å²) in [5.41, 5.74) is 1.09. The molecule has 1 aliphatic rings. The molecule has 1 N–H and O–H groups in total. The number of carbonyl (C=O) groups is 1. The van der Waals surface area contributed by atoms with Gasteiger partial charge in [-0.3, -0.25) is 9.79 Å². The molecule has 2 heterocycles. The van der Waals surface area contributed by atoms with Crippen LogP contribution in [0.1, 0.15) is 12.5 Å². The Labute approximate surface area is 164 Å². The Hall–Kier alpha value is -2.54. The van der Waals surface area contributed by atoms with E-state index in [2.05, 4.69) is 15.3 Å². The molecular formula is C19H25ClN6O. The van der Waals surface area contributed by atoms with Gasteiger partial charge in [0.25, 0.3) is 0 Å². The molecule has 27 heavy (non-hydrogen) atoms. The minimum absolute atomic E-state index is 0.108. The lowest BCUT2D eigenvalue weighted by Crippen LogP contribution is -2.55. The van der Waals surface area contributed by atoms with Crippen LogP contribution in [0.5, 0.6) is 0 Å². The standard InChI is InChI=1S/C19H25ClN6O/c1-2-22-19(23-8-10-24-9-7-21-15-24)26-12-11-25(18(27)14-26)13-16-3-5-17(20)6-4-16/h3-7,9,15H,2,8,10-14H2,1H3,(H,22,23). The summed E-state index contributed by atoms with van der Waals surface area (Å²) in [4.78, 5) is 25.2. The first kappa shape index (κ1) is 19.2. The van der Waals surface area contributed by atoms with Gasteiger partial charge in [0, 0.05) is 50.1 Å². The van der Waals surface area contributed by atoms with Crippen molar-refractivity contribution in [3.05, 3.63) is 53.6 Å². The number of hydrogen-bond acceptors (Lipinski definition) is 3. The summed E-state index contributed by atoms with van der Waals surface area (Å²) in [6.45, 7) is 6.58. The Balaban J connectivity index is 1.56. The van der Waals surface area contributed by atoms with Crippen LogP contribution in [-0.2, 0) is 17.9 Å². The molecule has 7 nitrogen and oxygen atoms in total. The zero-order valence-electron chi connectivity index (χ0n) is 15.5. The second-order valence-corrected chi connectivity index (χ2v) is 6.84. The van der Waals surface area contributed by atoms with Crippen molar-refractivity contribution in [2.45, 2.75) is 20.0 Å². The van der Waals surface area contributed by atoms with E-state index in [0.717, 1.165) is 31.2 Å². The van der Waals surface area contributed by atoms with Crippen LogP contribution in [0.15, 0.2) is 48.0 Å². The number of rotatable bonds is 6. The Morgan fingerprint density at radius 2 is 2.11 bits per heavy atom. The normalized spacial score (nSPS) is 15.3. The topological polar surface area (TPSA) is 65.8 Å². The number of aromatic nitrogens is 2. The van der Waals surface area contributed by atoms with E-state index >= 15 is 0 Å². The van der Waals surface area contributed by atoms with Gasteiger partial charge in [-0.1, -0.05) is 23.7 Å². The van der Waals surface area contributed by atoms with Crippen LogP contribution in [0, 0.1) is 0 Å². The van der Waals surface area contributed by atoms with Crippen molar-refractivity contribution in [2.24, 2.45) is 4.99 Å². The zero-order valence-corrected chi connectivity index (χ0v) is 16.3. The fourth-order valence-corrected chi connectivity index (χ4v) is 3.11. The number of imidazole rings is 1. The van der Waals surface area contributed by atoms with Crippen molar-refractivity contribution in [2.75, 3.05) is 32.7 Å². The van der Waals surface area contributed by atoms with E-state index in [4.69, 9.17) is 11.6 Å². The van der Waals surface area contributed by atoms with Crippen molar-refractivity contribution in [1.29, 1.82) is 0 Å². The molecule has 1 aromatic heterocycles. The number of halogens is 1. The van der Waals surface area contributed by atoms with Gasteiger partial charge >= 0.3 is 0 Å². The molecule has 0 spiro atoms. The molecule has 1 aromatic carbocycles.